The Balaban J connectivity index is 2.21. The van der Waals surface area contributed by atoms with Gasteiger partial charge in [0.25, 0.3) is 5.69 Å². The van der Waals surface area contributed by atoms with Crippen LogP contribution in [0.2, 0.25) is 0 Å². The van der Waals surface area contributed by atoms with E-state index in [0.717, 1.165) is 12.1 Å². The number of phenolic OH excluding ortho intramolecular Hbond substituents is 1. The van der Waals surface area contributed by atoms with Crippen molar-refractivity contribution in [2.24, 2.45) is 0 Å². The number of anilines is 2. The van der Waals surface area contributed by atoms with Crippen molar-refractivity contribution in [3.8, 4) is 5.75 Å². The molecule has 21 heavy (non-hydrogen) atoms. The highest BCUT2D eigenvalue weighted by Crippen LogP contribution is 2.33. The average molecular weight is 291 g/mol. The van der Waals surface area contributed by atoms with Crippen LogP contribution >= 0.6 is 0 Å². The predicted molar refractivity (Wildman–Crippen MR) is 73.8 cm³/mol. The van der Waals surface area contributed by atoms with Gasteiger partial charge in [0.1, 0.15) is 11.6 Å². The number of carbonyl (C=O) groups excluding carboxylic acids is 1. The molecular weight excluding hydrogens is 281 g/mol. The van der Waals surface area contributed by atoms with Crippen molar-refractivity contribution < 1.29 is 19.2 Å². The SMILES string of the molecule is O=C(Nc1ccccc1F)Nc1c(O)cccc1[N+](=O)[O-]. The maximum atomic E-state index is 13.4. The Kier molecular flexibility index (Phi) is 3.98. The summed E-state index contributed by atoms with van der Waals surface area (Å²) in [6, 6.07) is 8.11. The number of carbonyl (C=O) groups is 1. The number of para-hydroxylation sites is 2. The number of aromatic hydroxyl groups is 1. The molecule has 2 aromatic carbocycles. The number of halogens is 1. The zero-order valence-electron chi connectivity index (χ0n) is 10.5. The fourth-order valence-corrected chi connectivity index (χ4v) is 1.64. The second kappa shape index (κ2) is 5.87. The number of nitro groups is 1. The molecule has 0 saturated heterocycles. The molecule has 8 heteroatoms. The number of rotatable bonds is 3. The minimum atomic E-state index is -0.912. The molecule has 0 aliphatic carbocycles. The summed E-state index contributed by atoms with van der Waals surface area (Å²) in [5, 5.41) is 24.7. The van der Waals surface area contributed by atoms with Gasteiger partial charge in [-0.1, -0.05) is 18.2 Å². The summed E-state index contributed by atoms with van der Waals surface area (Å²) in [6.07, 6.45) is 0. The van der Waals surface area contributed by atoms with Gasteiger partial charge in [-0.25, -0.2) is 9.18 Å². The van der Waals surface area contributed by atoms with Crippen molar-refractivity contribution in [3.63, 3.8) is 0 Å². The Labute approximate surface area is 118 Å². The van der Waals surface area contributed by atoms with E-state index in [1.807, 2.05) is 0 Å². The molecule has 0 radical (unpaired) electrons. The Hall–Kier alpha value is -3.16. The summed E-state index contributed by atoms with van der Waals surface area (Å²) in [7, 11) is 0. The third-order valence-corrected chi connectivity index (χ3v) is 2.58. The monoisotopic (exact) mass is 291 g/mol. The van der Waals surface area contributed by atoms with Crippen molar-refractivity contribution >= 4 is 23.1 Å². The van der Waals surface area contributed by atoms with Gasteiger partial charge in [-0.05, 0) is 18.2 Å². The Morgan fingerprint density at radius 2 is 1.86 bits per heavy atom. The number of hydrogen-bond acceptors (Lipinski definition) is 4. The van der Waals surface area contributed by atoms with E-state index >= 15 is 0 Å². The second-order valence-corrected chi connectivity index (χ2v) is 3.99. The topological polar surface area (TPSA) is 104 Å². The van der Waals surface area contributed by atoms with Crippen LogP contribution in [0.15, 0.2) is 42.5 Å². The van der Waals surface area contributed by atoms with Crippen LogP contribution in [0.3, 0.4) is 0 Å². The van der Waals surface area contributed by atoms with Gasteiger partial charge in [0.15, 0.2) is 5.69 Å². The molecule has 2 rings (SSSR count). The predicted octanol–water partition coefficient (Wildman–Crippen LogP) is 3.08. The van der Waals surface area contributed by atoms with Gasteiger partial charge >= 0.3 is 6.03 Å². The van der Waals surface area contributed by atoms with Crippen LogP contribution in [0.25, 0.3) is 0 Å². The van der Waals surface area contributed by atoms with Crippen LogP contribution in [0.5, 0.6) is 5.75 Å². The number of hydrogen-bond donors (Lipinski definition) is 3. The van der Waals surface area contributed by atoms with Crippen molar-refractivity contribution in [1.82, 2.24) is 0 Å². The number of nitro benzene ring substituents is 1. The maximum Gasteiger partial charge on any atom is 0.324 e. The van der Waals surface area contributed by atoms with Crippen molar-refractivity contribution in [1.29, 1.82) is 0 Å². The van der Waals surface area contributed by atoms with E-state index in [0.29, 0.717) is 0 Å². The number of urea groups is 1. The van der Waals surface area contributed by atoms with E-state index in [1.165, 1.54) is 30.3 Å². The Morgan fingerprint density at radius 1 is 1.14 bits per heavy atom. The number of phenols is 1. The number of nitrogens with zero attached hydrogens (tertiary/aromatic N) is 1. The molecule has 7 nitrogen and oxygen atoms in total. The van der Waals surface area contributed by atoms with E-state index < -0.39 is 28.2 Å². The molecule has 2 aromatic rings. The summed E-state index contributed by atoms with van der Waals surface area (Å²) < 4.78 is 13.4. The van der Waals surface area contributed by atoms with Gasteiger partial charge in [-0.15, -0.1) is 0 Å². The van der Waals surface area contributed by atoms with Crippen LogP contribution in [-0.4, -0.2) is 16.1 Å². The van der Waals surface area contributed by atoms with Gasteiger partial charge in [-0.2, -0.15) is 0 Å². The summed E-state index contributed by atoms with van der Waals surface area (Å²) >= 11 is 0. The summed E-state index contributed by atoms with van der Waals surface area (Å²) in [4.78, 5) is 21.8. The van der Waals surface area contributed by atoms with E-state index in [9.17, 15) is 24.4 Å². The zero-order chi connectivity index (χ0) is 15.4. The van der Waals surface area contributed by atoms with Crippen molar-refractivity contribution in [2.45, 2.75) is 0 Å². The molecular formula is C13H10FN3O4. The average Bonchev–Trinajstić information content (AvgIpc) is 2.43. The molecule has 108 valence electrons. The highest BCUT2D eigenvalue weighted by molar-refractivity contribution is 6.02. The first kappa shape index (κ1) is 14.3. The van der Waals surface area contributed by atoms with Gasteiger partial charge in [0, 0.05) is 6.07 Å². The van der Waals surface area contributed by atoms with E-state index in [2.05, 4.69) is 10.6 Å². The zero-order valence-corrected chi connectivity index (χ0v) is 10.5. The molecule has 3 N–H and O–H groups in total. The summed E-state index contributed by atoms with van der Waals surface area (Å²) in [6.45, 7) is 0. The maximum absolute atomic E-state index is 13.4. The minimum Gasteiger partial charge on any atom is -0.505 e. The van der Waals surface area contributed by atoms with E-state index in [-0.39, 0.29) is 11.4 Å². The standard InChI is InChI=1S/C13H10FN3O4/c14-8-4-1-2-5-9(8)15-13(19)16-12-10(17(20)21)6-3-7-11(12)18/h1-7,18H,(H2,15,16,19). The summed E-state index contributed by atoms with van der Waals surface area (Å²) in [5.41, 5.74) is -0.928. The summed E-state index contributed by atoms with van der Waals surface area (Å²) in [5.74, 6) is -1.12. The fraction of sp³-hybridized carbons (Fsp3) is 0. The van der Waals surface area contributed by atoms with E-state index in [4.69, 9.17) is 0 Å². The van der Waals surface area contributed by atoms with Gasteiger partial charge in [0.05, 0.1) is 10.6 Å². The molecule has 0 saturated carbocycles. The molecule has 0 fully saturated rings. The molecule has 0 aliphatic heterocycles. The lowest BCUT2D eigenvalue weighted by Crippen LogP contribution is -2.20. The van der Waals surface area contributed by atoms with Gasteiger partial charge < -0.3 is 10.4 Å². The van der Waals surface area contributed by atoms with Gasteiger partial charge in [0.2, 0.25) is 0 Å². The van der Waals surface area contributed by atoms with Crippen molar-refractivity contribution in [2.75, 3.05) is 10.6 Å². The largest absolute Gasteiger partial charge is 0.505 e. The fourth-order valence-electron chi connectivity index (χ4n) is 1.64. The first-order valence-corrected chi connectivity index (χ1v) is 5.78. The molecule has 2 amide bonds. The highest BCUT2D eigenvalue weighted by atomic mass is 19.1. The smallest absolute Gasteiger partial charge is 0.324 e. The highest BCUT2D eigenvalue weighted by Gasteiger charge is 2.19. The van der Waals surface area contributed by atoms with Crippen LogP contribution in [-0.2, 0) is 0 Å². The quantitative estimate of drug-likeness (QED) is 0.459. The normalized spacial score (nSPS) is 9.95. The minimum absolute atomic E-state index is 0.0897. The van der Waals surface area contributed by atoms with Crippen molar-refractivity contribution in [3.05, 3.63) is 58.4 Å². The van der Waals surface area contributed by atoms with Crippen LogP contribution in [0.4, 0.5) is 26.2 Å². The third-order valence-electron chi connectivity index (χ3n) is 2.58. The first-order valence-electron chi connectivity index (χ1n) is 5.78. The number of nitrogens with one attached hydrogen (secondary N) is 2. The first-order chi connectivity index (χ1) is 9.99. The second-order valence-electron chi connectivity index (χ2n) is 3.99. The Morgan fingerprint density at radius 3 is 2.52 bits per heavy atom. The Bertz CT molecular complexity index is 706. The lowest BCUT2D eigenvalue weighted by atomic mass is 10.2. The molecule has 0 aliphatic rings. The van der Waals surface area contributed by atoms with Gasteiger partial charge in [-0.3, -0.25) is 15.4 Å². The molecule has 0 bridgehead atoms. The molecule has 0 atom stereocenters. The molecule has 0 unspecified atom stereocenters. The van der Waals surface area contributed by atoms with Crippen LogP contribution in [0.1, 0.15) is 0 Å². The lowest BCUT2D eigenvalue weighted by molar-refractivity contribution is -0.384. The molecule has 0 aromatic heterocycles. The molecule has 0 heterocycles. The van der Waals surface area contributed by atoms with Crippen LogP contribution in [0, 0.1) is 15.9 Å². The van der Waals surface area contributed by atoms with Crippen LogP contribution < -0.4 is 10.6 Å². The number of benzene rings is 2. The van der Waals surface area contributed by atoms with E-state index in [1.54, 1.807) is 0 Å². The molecule has 0 spiro atoms. The number of amides is 2. The third kappa shape index (κ3) is 3.24. The lowest BCUT2D eigenvalue weighted by Gasteiger charge is -2.09.